The molecule has 0 saturated heterocycles. The molecule has 0 aliphatic carbocycles. The normalized spacial score (nSPS) is 11.8. The first-order valence-corrected chi connectivity index (χ1v) is 8.24. The number of aromatic nitrogens is 2. The summed E-state index contributed by atoms with van der Waals surface area (Å²) in [5.41, 5.74) is 3.17. The van der Waals surface area contributed by atoms with Gasteiger partial charge in [-0.2, -0.15) is 5.10 Å². The van der Waals surface area contributed by atoms with Gasteiger partial charge in [-0.15, -0.1) is 0 Å². The lowest BCUT2D eigenvalue weighted by Crippen LogP contribution is -2.15. The third-order valence-corrected chi connectivity index (χ3v) is 4.21. The van der Waals surface area contributed by atoms with E-state index in [1.54, 1.807) is 12.1 Å². The molecule has 0 bridgehead atoms. The van der Waals surface area contributed by atoms with Gasteiger partial charge in [-0.3, -0.25) is 4.68 Å². The lowest BCUT2D eigenvalue weighted by Gasteiger charge is -2.06. The number of hydrogen-bond acceptors (Lipinski definition) is 4. The summed E-state index contributed by atoms with van der Waals surface area (Å²) in [6.07, 6.45) is 1.21. The van der Waals surface area contributed by atoms with E-state index in [0.717, 1.165) is 23.5 Å². The zero-order chi connectivity index (χ0) is 14.8. The van der Waals surface area contributed by atoms with Crippen molar-refractivity contribution in [1.29, 1.82) is 0 Å². The molecule has 0 fully saturated rings. The fourth-order valence-corrected chi connectivity index (χ4v) is 2.65. The molecule has 1 heterocycles. The van der Waals surface area contributed by atoms with E-state index in [9.17, 15) is 8.42 Å². The van der Waals surface area contributed by atoms with E-state index < -0.39 is 9.84 Å². The highest BCUT2D eigenvalue weighted by atomic mass is 32.2. The van der Waals surface area contributed by atoms with Crippen molar-refractivity contribution in [3.8, 4) is 0 Å². The first kappa shape index (κ1) is 14.7. The highest BCUT2D eigenvalue weighted by Gasteiger charge is 2.06. The Balaban J connectivity index is 1.93. The molecule has 2 aromatic rings. The van der Waals surface area contributed by atoms with Gasteiger partial charge in [0.25, 0.3) is 0 Å². The second kappa shape index (κ2) is 5.76. The average Bonchev–Trinajstić information content (AvgIpc) is 2.67. The van der Waals surface area contributed by atoms with E-state index in [1.807, 2.05) is 36.9 Å². The number of rotatable bonds is 5. The summed E-state index contributed by atoms with van der Waals surface area (Å²) >= 11 is 0. The Morgan fingerprint density at radius 3 is 2.35 bits per heavy atom. The Kier molecular flexibility index (Phi) is 4.25. The van der Waals surface area contributed by atoms with E-state index in [1.165, 1.54) is 6.26 Å². The van der Waals surface area contributed by atoms with Crippen molar-refractivity contribution in [2.24, 2.45) is 7.05 Å². The Bertz CT molecular complexity index is 688. The largest absolute Gasteiger partial charge is 0.307 e. The monoisotopic (exact) mass is 293 g/mol. The molecule has 6 heteroatoms. The molecule has 5 nitrogen and oxygen atoms in total. The fourth-order valence-electron chi connectivity index (χ4n) is 2.02. The molecule has 1 N–H and O–H groups in total. The minimum atomic E-state index is -3.12. The van der Waals surface area contributed by atoms with E-state index in [4.69, 9.17) is 0 Å². The van der Waals surface area contributed by atoms with Gasteiger partial charge in [0.1, 0.15) is 0 Å². The molecule has 0 atom stereocenters. The molecule has 2 rings (SSSR count). The van der Waals surface area contributed by atoms with Gasteiger partial charge in [-0.25, -0.2) is 8.42 Å². The van der Waals surface area contributed by atoms with Crippen molar-refractivity contribution in [3.63, 3.8) is 0 Å². The van der Waals surface area contributed by atoms with Crippen LogP contribution in [0.25, 0.3) is 0 Å². The van der Waals surface area contributed by atoms with Crippen molar-refractivity contribution in [1.82, 2.24) is 15.1 Å². The molecule has 108 valence electrons. The molecule has 0 amide bonds. The number of sulfone groups is 1. The highest BCUT2D eigenvalue weighted by Crippen LogP contribution is 2.10. The number of nitrogens with zero attached hydrogens (tertiary/aromatic N) is 2. The number of nitrogens with one attached hydrogen (secondary N) is 1. The highest BCUT2D eigenvalue weighted by molar-refractivity contribution is 7.90. The summed E-state index contributed by atoms with van der Waals surface area (Å²) in [5.74, 6) is 0. The molecule has 0 aliphatic rings. The number of hydrogen-bond donors (Lipinski definition) is 1. The van der Waals surface area contributed by atoms with Gasteiger partial charge in [-0.05, 0) is 30.7 Å². The van der Waals surface area contributed by atoms with E-state index in [2.05, 4.69) is 10.4 Å². The average molecular weight is 293 g/mol. The molecular weight excluding hydrogens is 274 g/mol. The quantitative estimate of drug-likeness (QED) is 0.905. The lowest BCUT2D eigenvalue weighted by atomic mass is 10.2. The standard InChI is InChI=1S/C14H19N3O2S/c1-11-8-13(17(2)16-11)10-15-9-12-4-6-14(7-5-12)20(3,18)19/h4-8,15H,9-10H2,1-3H3. The summed E-state index contributed by atoms with van der Waals surface area (Å²) in [7, 11) is -1.20. The maximum absolute atomic E-state index is 11.4. The molecule has 0 spiro atoms. The third-order valence-electron chi connectivity index (χ3n) is 3.09. The zero-order valence-electron chi connectivity index (χ0n) is 11.9. The molecule has 0 saturated carbocycles. The van der Waals surface area contributed by atoms with Gasteiger partial charge >= 0.3 is 0 Å². The van der Waals surface area contributed by atoms with Gasteiger partial charge in [0.2, 0.25) is 0 Å². The summed E-state index contributed by atoms with van der Waals surface area (Å²) in [6.45, 7) is 3.38. The topological polar surface area (TPSA) is 64.0 Å². The molecule has 20 heavy (non-hydrogen) atoms. The predicted octanol–water partition coefficient (Wildman–Crippen LogP) is 1.42. The second-order valence-corrected chi connectivity index (χ2v) is 6.94. The molecular formula is C14H19N3O2S. The maximum Gasteiger partial charge on any atom is 0.175 e. The fraction of sp³-hybridized carbons (Fsp3) is 0.357. The summed E-state index contributed by atoms with van der Waals surface area (Å²) in [6, 6.07) is 8.98. The SMILES string of the molecule is Cc1cc(CNCc2ccc(S(C)(=O)=O)cc2)n(C)n1. The molecule has 1 aromatic carbocycles. The maximum atomic E-state index is 11.4. The Morgan fingerprint density at radius 1 is 1.20 bits per heavy atom. The van der Waals surface area contributed by atoms with Crippen LogP contribution in [0.3, 0.4) is 0 Å². The van der Waals surface area contributed by atoms with Gasteiger partial charge in [0.15, 0.2) is 9.84 Å². The predicted molar refractivity (Wildman–Crippen MR) is 78.0 cm³/mol. The van der Waals surface area contributed by atoms with Crippen molar-refractivity contribution in [3.05, 3.63) is 47.3 Å². The van der Waals surface area contributed by atoms with Crippen LogP contribution in [0.15, 0.2) is 35.2 Å². The Labute approximate surface area is 119 Å². The third kappa shape index (κ3) is 3.68. The van der Waals surface area contributed by atoms with Crippen molar-refractivity contribution in [2.75, 3.05) is 6.26 Å². The van der Waals surface area contributed by atoms with Gasteiger partial charge in [-0.1, -0.05) is 12.1 Å². The van der Waals surface area contributed by atoms with Gasteiger partial charge in [0.05, 0.1) is 16.3 Å². The van der Waals surface area contributed by atoms with Gasteiger partial charge in [0, 0.05) is 26.4 Å². The molecule has 0 radical (unpaired) electrons. The van der Waals surface area contributed by atoms with Crippen LogP contribution in [0.5, 0.6) is 0 Å². The van der Waals surface area contributed by atoms with E-state index in [0.29, 0.717) is 11.4 Å². The Hall–Kier alpha value is -1.66. The molecule has 1 aromatic heterocycles. The van der Waals surface area contributed by atoms with Crippen LogP contribution in [-0.4, -0.2) is 24.5 Å². The van der Waals surface area contributed by atoms with E-state index >= 15 is 0 Å². The summed E-state index contributed by atoms with van der Waals surface area (Å²) in [4.78, 5) is 0.350. The van der Waals surface area contributed by atoms with Crippen LogP contribution >= 0.6 is 0 Å². The van der Waals surface area contributed by atoms with Crippen molar-refractivity contribution in [2.45, 2.75) is 24.9 Å². The smallest absolute Gasteiger partial charge is 0.175 e. The van der Waals surface area contributed by atoms with Crippen molar-refractivity contribution < 1.29 is 8.42 Å². The number of benzene rings is 1. The van der Waals surface area contributed by atoms with Crippen LogP contribution in [0, 0.1) is 6.92 Å². The lowest BCUT2D eigenvalue weighted by molar-refractivity contribution is 0.601. The minimum Gasteiger partial charge on any atom is -0.307 e. The van der Waals surface area contributed by atoms with Crippen LogP contribution < -0.4 is 5.32 Å². The zero-order valence-corrected chi connectivity index (χ0v) is 12.7. The molecule has 0 unspecified atom stereocenters. The van der Waals surface area contributed by atoms with Crippen LogP contribution in [0.4, 0.5) is 0 Å². The first-order chi connectivity index (χ1) is 9.36. The van der Waals surface area contributed by atoms with Crippen LogP contribution in [0.1, 0.15) is 17.0 Å². The molecule has 0 aliphatic heterocycles. The van der Waals surface area contributed by atoms with Crippen LogP contribution in [0.2, 0.25) is 0 Å². The summed E-state index contributed by atoms with van der Waals surface area (Å²) in [5, 5.41) is 7.61. The summed E-state index contributed by atoms with van der Waals surface area (Å²) < 4.78 is 24.6. The minimum absolute atomic E-state index is 0.350. The second-order valence-electron chi connectivity index (χ2n) is 4.92. The van der Waals surface area contributed by atoms with Gasteiger partial charge < -0.3 is 5.32 Å². The van der Waals surface area contributed by atoms with Crippen LogP contribution in [-0.2, 0) is 30.0 Å². The Morgan fingerprint density at radius 2 is 1.85 bits per heavy atom. The number of aryl methyl sites for hydroxylation is 2. The van der Waals surface area contributed by atoms with E-state index in [-0.39, 0.29) is 0 Å². The first-order valence-electron chi connectivity index (χ1n) is 6.35. The van der Waals surface area contributed by atoms with Crippen molar-refractivity contribution >= 4 is 9.84 Å².